The molecule has 3 aromatic rings. The summed E-state index contributed by atoms with van der Waals surface area (Å²) >= 11 is 11.9. The van der Waals surface area contributed by atoms with Crippen molar-refractivity contribution >= 4 is 40.4 Å². The summed E-state index contributed by atoms with van der Waals surface area (Å²) in [5.74, 6) is 0.832. The molecule has 3 heterocycles. The highest BCUT2D eigenvalue weighted by Gasteiger charge is 2.25. The highest BCUT2D eigenvalue weighted by atomic mass is 35.5. The van der Waals surface area contributed by atoms with E-state index in [0.29, 0.717) is 17.2 Å². The zero-order valence-electron chi connectivity index (χ0n) is 13.0. The first-order chi connectivity index (χ1) is 10.8. The molecule has 8 nitrogen and oxygen atoms in total. The molecule has 0 aliphatic heterocycles. The van der Waals surface area contributed by atoms with Gasteiger partial charge in [0, 0.05) is 5.41 Å². The lowest BCUT2D eigenvalue weighted by atomic mass is 9.91. The van der Waals surface area contributed by atoms with Gasteiger partial charge in [-0.25, -0.2) is 15.0 Å². The van der Waals surface area contributed by atoms with Gasteiger partial charge in [-0.05, 0) is 6.92 Å². The summed E-state index contributed by atoms with van der Waals surface area (Å²) in [7, 11) is 0. The molecule has 0 amide bonds. The molecule has 0 atom stereocenters. The van der Waals surface area contributed by atoms with Gasteiger partial charge in [0.25, 0.3) is 0 Å². The molecule has 0 saturated heterocycles. The van der Waals surface area contributed by atoms with Crippen LogP contribution in [0.25, 0.3) is 5.65 Å². The fourth-order valence-corrected chi connectivity index (χ4v) is 2.31. The Balaban J connectivity index is 2.14. The van der Waals surface area contributed by atoms with E-state index in [-0.39, 0.29) is 21.4 Å². The van der Waals surface area contributed by atoms with Crippen LogP contribution in [0.4, 0.5) is 11.5 Å². The molecular weight excluding hydrogens is 339 g/mol. The van der Waals surface area contributed by atoms with Gasteiger partial charge < -0.3 is 0 Å². The van der Waals surface area contributed by atoms with Gasteiger partial charge in [0.2, 0.25) is 5.65 Å². The zero-order chi connectivity index (χ0) is 16.8. The molecule has 0 aliphatic carbocycles. The van der Waals surface area contributed by atoms with E-state index in [4.69, 9.17) is 23.2 Å². The van der Waals surface area contributed by atoms with E-state index in [1.807, 2.05) is 0 Å². The van der Waals surface area contributed by atoms with Gasteiger partial charge in [-0.2, -0.15) is 4.63 Å². The normalized spacial score (nSPS) is 12.6. The number of nitrogens with one attached hydrogen (secondary N) is 1. The van der Waals surface area contributed by atoms with Gasteiger partial charge in [0.05, 0.1) is 5.69 Å². The maximum absolute atomic E-state index is 6.03. The van der Waals surface area contributed by atoms with Crippen LogP contribution >= 0.6 is 23.2 Å². The molecule has 0 fully saturated rings. The highest BCUT2D eigenvalue weighted by molar-refractivity contribution is 6.42. The lowest BCUT2D eigenvalue weighted by Gasteiger charge is -2.16. The molecule has 0 aliphatic rings. The molecule has 0 saturated carbocycles. The Morgan fingerprint density at radius 3 is 2.61 bits per heavy atom. The second-order valence-electron chi connectivity index (χ2n) is 5.98. The largest absolute Gasteiger partial charge is 0.277 e. The molecule has 0 spiro atoms. The third-order valence-corrected chi connectivity index (χ3v) is 3.83. The van der Waals surface area contributed by atoms with Crippen LogP contribution in [0.2, 0.25) is 10.2 Å². The van der Waals surface area contributed by atoms with Gasteiger partial charge in [0.15, 0.2) is 16.7 Å². The maximum Gasteiger partial charge on any atom is 0.203 e. The molecule has 10 heteroatoms. The Kier molecular flexibility index (Phi) is 3.81. The first-order valence-electron chi connectivity index (χ1n) is 6.81. The summed E-state index contributed by atoms with van der Waals surface area (Å²) in [6.07, 6.45) is 1.28. The Morgan fingerprint density at radius 2 is 1.91 bits per heavy atom. The van der Waals surface area contributed by atoms with Gasteiger partial charge >= 0.3 is 0 Å². The van der Waals surface area contributed by atoms with Crippen molar-refractivity contribution in [1.82, 2.24) is 29.8 Å². The number of aryl methyl sites for hydroxylation is 1. The maximum atomic E-state index is 6.03. The van der Waals surface area contributed by atoms with Crippen LogP contribution in [0.5, 0.6) is 0 Å². The number of rotatable bonds is 2. The van der Waals surface area contributed by atoms with Crippen molar-refractivity contribution in [3.05, 3.63) is 28.0 Å². The van der Waals surface area contributed by atoms with Crippen LogP contribution in [-0.2, 0) is 5.41 Å². The van der Waals surface area contributed by atoms with Crippen molar-refractivity contribution in [3.8, 4) is 0 Å². The second-order valence-corrected chi connectivity index (χ2v) is 6.72. The van der Waals surface area contributed by atoms with Crippen molar-refractivity contribution < 1.29 is 0 Å². The van der Waals surface area contributed by atoms with Crippen molar-refractivity contribution in [2.75, 3.05) is 0 Å². The topological polar surface area (TPSA) is 96.5 Å². The Labute approximate surface area is 142 Å². The van der Waals surface area contributed by atoms with Gasteiger partial charge in [0.1, 0.15) is 17.2 Å². The van der Waals surface area contributed by atoms with Crippen LogP contribution in [-0.4, -0.2) is 29.8 Å². The fraction of sp³-hybridized carbons (Fsp3) is 0.385. The number of aromatic nitrogens is 6. The van der Waals surface area contributed by atoms with Gasteiger partial charge in [-0.1, -0.05) is 44.0 Å². The molecule has 3 aromatic heterocycles. The van der Waals surface area contributed by atoms with Crippen molar-refractivity contribution in [1.29, 1.82) is 0 Å². The summed E-state index contributed by atoms with van der Waals surface area (Å²) in [6, 6.07) is 0. The molecule has 120 valence electrons. The second kappa shape index (κ2) is 5.54. The SMILES string of the molecule is Cc1nc2c(N=Nc3ncnc(Cl)c3Cl)c(C(C)(C)C)[nH]n2n1. The number of aromatic amines is 1. The van der Waals surface area contributed by atoms with E-state index in [1.54, 1.807) is 11.6 Å². The lowest BCUT2D eigenvalue weighted by molar-refractivity contribution is 0.557. The molecule has 0 radical (unpaired) electrons. The van der Waals surface area contributed by atoms with Crippen molar-refractivity contribution in [2.24, 2.45) is 10.2 Å². The minimum absolute atomic E-state index is 0.129. The van der Waals surface area contributed by atoms with Crippen LogP contribution in [0.3, 0.4) is 0 Å². The number of nitrogens with zero attached hydrogens (tertiary/aromatic N) is 7. The molecule has 0 aromatic carbocycles. The zero-order valence-corrected chi connectivity index (χ0v) is 14.5. The summed E-state index contributed by atoms with van der Waals surface area (Å²) in [5.41, 5.74) is 1.83. The Bertz CT molecular complexity index is 903. The predicted octanol–water partition coefficient (Wildman–Crippen LogP) is 4.18. The Morgan fingerprint density at radius 1 is 1.17 bits per heavy atom. The molecule has 1 N–H and O–H groups in total. The van der Waals surface area contributed by atoms with Crippen LogP contribution in [0.1, 0.15) is 32.3 Å². The van der Waals surface area contributed by atoms with Gasteiger partial charge in [-0.3, -0.25) is 5.10 Å². The van der Waals surface area contributed by atoms with Crippen LogP contribution in [0.15, 0.2) is 16.6 Å². The number of fused-ring (bicyclic) bond motifs is 1. The Hall–Kier alpha value is -2.06. The monoisotopic (exact) mass is 352 g/mol. The average molecular weight is 353 g/mol. The quantitative estimate of drug-likeness (QED) is 0.552. The number of hydrogen-bond acceptors (Lipinski definition) is 6. The summed E-state index contributed by atoms with van der Waals surface area (Å²) in [5, 5.41) is 16.1. The first-order valence-corrected chi connectivity index (χ1v) is 7.56. The van der Waals surface area contributed by atoms with Crippen molar-refractivity contribution in [3.63, 3.8) is 0 Å². The van der Waals surface area contributed by atoms with E-state index in [1.165, 1.54) is 6.33 Å². The summed E-state index contributed by atoms with van der Waals surface area (Å²) in [4.78, 5) is 12.1. The fourth-order valence-electron chi connectivity index (χ4n) is 2.04. The first kappa shape index (κ1) is 15.8. The van der Waals surface area contributed by atoms with Crippen molar-refractivity contribution in [2.45, 2.75) is 33.1 Å². The third kappa shape index (κ3) is 2.91. The lowest BCUT2D eigenvalue weighted by Crippen LogP contribution is -2.12. The van der Waals surface area contributed by atoms with Crippen LogP contribution < -0.4 is 0 Å². The molecule has 3 rings (SSSR count). The third-order valence-electron chi connectivity index (χ3n) is 3.10. The van der Waals surface area contributed by atoms with E-state index < -0.39 is 0 Å². The van der Waals surface area contributed by atoms with Gasteiger partial charge in [-0.15, -0.1) is 15.3 Å². The van der Waals surface area contributed by atoms with E-state index in [9.17, 15) is 0 Å². The molecular formula is C13H14Cl2N8. The molecule has 23 heavy (non-hydrogen) atoms. The minimum atomic E-state index is -0.197. The summed E-state index contributed by atoms with van der Waals surface area (Å²) in [6.45, 7) is 7.97. The van der Waals surface area contributed by atoms with Crippen LogP contribution in [0, 0.1) is 6.92 Å². The van der Waals surface area contributed by atoms with E-state index in [0.717, 1.165) is 5.69 Å². The molecule has 0 unspecified atom stereocenters. The molecule has 0 bridgehead atoms. The average Bonchev–Trinajstić information content (AvgIpc) is 2.96. The number of H-pyrrole nitrogens is 1. The summed E-state index contributed by atoms with van der Waals surface area (Å²) < 4.78 is 1.58. The van der Waals surface area contributed by atoms with E-state index in [2.05, 4.69) is 56.1 Å². The smallest absolute Gasteiger partial charge is 0.203 e. The van der Waals surface area contributed by atoms with E-state index >= 15 is 0 Å². The number of azo groups is 1. The predicted molar refractivity (Wildman–Crippen MR) is 87.0 cm³/mol. The highest BCUT2D eigenvalue weighted by Crippen LogP contribution is 2.35. The standard InChI is InChI=1S/C13H14Cl2N8/c1-6-18-12-8(9(13(2,3)4)22-23(12)21-6)19-20-11-7(14)10(15)16-5-17-11/h5,22H,1-4H3. The number of halogens is 2. The minimum Gasteiger partial charge on any atom is -0.277 e. The number of hydrogen-bond donors (Lipinski definition) is 1.